The van der Waals surface area contributed by atoms with E-state index in [-0.39, 0.29) is 0 Å². The molecule has 0 radical (unpaired) electrons. The Bertz CT molecular complexity index is 446. The summed E-state index contributed by atoms with van der Waals surface area (Å²) in [4.78, 5) is 2.18. The molecule has 2 rings (SSSR count). The molecule has 0 saturated heterocycles. The minimum Gasteiger partial charge on any atom is -0.305 e. The summed E-state index contributed by atoms with van der Waals surface area (Å²) in [5, 5.41) is 0. The van der Waals surface area contributed by atoms with Crippen LogP contribution in [0.15, 0.2) is 54.6 Å². The quantitative estimate of drug-likeness (QED) is 0.752. The summed E-state index contributed by atoms with van der Waals surface area (Å²) in [6.07, 6.45) is 0. The molecule has 0 saturated carbocycles. The molecule has 0 spiro atoms. The van der Waals surface area contributed by atoms with Crippen molar-refractivity contribution in [2.45, 2.75) is 6.54 Å². The van der Waals surface area contributed by atoms with Gasteiger partial charge in [-0.3, -0.25) is 0 Å². The third-order valence-corrected chi connectivity index (χ3v) is 2.53. The van der Waals surface area contributed by atoms with Crippen molar-refractivity contribution in [3.63, 3.8) is 0 Å². The third-order valence-electron chi connectivity index (χ3n) is 2.53. The van der Waals surface area contributed by atoms with E-state index < -0.39 is 0 Å². The predicted octanol–water partition coefficient (Wildman–Crippen LogP) is 3.42. The van der Waals surface area contributed by atoms with Crippen LogP contribution in [0, 0.1) is 0 Å². The zero-order chi connectivity index (χ0) is 11.4. The van der Waals surface area contributed by atoms with Gasteiger partial charge in [-0.1, -0.05) is 48.5 Å². The van der Waals surface area contributed by atoms with Crippen molar-refractivity contribution in [2.75, 3.05) is 14.1 Å². The maximum atomic E-state index is 2.26. The first-order chi connectivity index (χ1) is 7.75. The summed E-state index contributed by atoms with van der Waals surface area (Å²) in [5.41, 5.74) is 3.93. The molecular weight excluding hydrogens is 194 g/mol. The number of benzene rings is 2. The van der Waals surface area contributed by atoms with Gasteiger partial charge in [-0.2, -0.15) is 0 Å². The van der Waals surface area contributed by atoms with Gasteiger partial charge in [0.25, 0.3) is 0 Å². The van der Waals surface area contributed by atoms with E-state index in [1.807, 2.05) is 6.07 Å². The Morgan fingerprint density at radius 2 is 1.50 bits per heavy atom. The van der Waals surface area contributed by atoms with Crippen molar-refractivity contribution in [3.05, 3.63) is 60.2 Å². The summed E-state index contributed by atoms with van der Waals surface area (Å²) < 4.78 is 0. The zero-order valence-corrected chi connectivity index (χ0v) is 9.85. The van der Waals surface area contributed by atoms with Crippen molar-refractivity contribution in [1.29, 1.82) is 0 Å². The highest BCUT2D eigenvalue weighted by molar-refractivity contribution is 5.63. The lowest BCUT2D eigenvalue weighted by Crippen LogP contribution is -2.10. The summed E-state index contributed by atoms with van der Waals surface area (Å²) in [7, 11) is 4.18. The van der Waals surface area contributed by atoms with Crippen LogP contribution in [0.5, 0.6) is 0 Å². The molecule has 0 N–H and O–H groups in total. The van der Waals surface area contributed by atoms with E-state index in [1.165, 1.54) is 16.7 Å². The van der Waals surface area contributed by atoms with Gasteiger partial charge in [0.15, 0.2) is 0 Å². The largest absolute Gasteiger partial charge is 0.305 e. The molecule has 16 heavy (non-hydrogen) atoms. The molecule has 0 atom stereocenters. The molecule has 0 heterocycles. The van der Waals surface area contributed by atoms with Gasteiger partial charge in [-0.25, -0.2) is 0 Å². The summed E-state index contributed by atoms with van der Waals surface area (Å²) in [6.45, 7) is 0.987. The average molecular weight is 211 g/mol. The van der Waals surface area contributed by atoms with Gasteiger partial charge in [-0.05, 0) is 36.9 Å². The molecule has 0 aromatic heterocycles. The van der Waals surface area contributed by atoms with Crippen LogP contribution >= 0.6 is 0 Å². The lowest BCUT2D eigenvalue weighted by Gasteiger charge is -2.10. The minimum absolute atomic E-state index is 0.987. The lowest BCUT2D eigenvalue weighted by molar-refractivity contribution is 0.402. The summed E-state index contributed by atoms with van der Waals surface area (Å²) in [6, 6.07) is 19.2. The highest BCUT2D eigenvalue weighted by atomic mass is 15.0. The molecule has 82 valence electrons. The predicted molar refractivity (Wildman–Crippen MR) is 69.3 cm³/mol. The molecule has 0 amide bonds. The fourth-order valence-corrected chi connectivity index (χ4v) is 1.84. The zero-order valence-electron chi connectivity index (χ0n) is 9.85. The van der Waals surface area contributed by atoms with E-state index in [1.54, 1.807) is 0 Å². The van der Waals surface area contributed by atoms with E-state index in [4.69, 9.17) is 0 Å². The number of nitrogens with zero attached hydrogens (tertiary/aromatic N) is 1. The molecule has 0 aliphatic rings. The number of rotatable bonds is 3. The average Bonchev–Trinajstić information content (AvgIpc) is 2.30. The smallest absolute Gasteiger partial charge is 0.0227 e. The summed E-state index contributed by atoms with van der Waals surface area (Å²) in [5.74, 6) is 0. The highest BCUT2D eigenvalue weighted by Crippen LogP contribution is 2.20. The second-order valence-corrected chi connectivity index (χ2v) is 4.30. The van der Waals surface area contributed by atoms with Crippen LogP contribution in [0.1, 0.15) is 5.56 Å². The molecule has 0 aliphatic carbocycles. The second-order valence-electron chi connectivity index (χ2n) is 4.30. The Labute approximate surface area is 97.3 Å². The van der Waals surface area contributed by atoms with Crippen LogP contribution in [0.4, 0.5) is 0 Å². The molecule has 0 fully saturated rings. The fourth-order valence-electron chi connectivity index (χ4n) is 1.84. The van der Waals surface area contributed by atoms with E-state index in [9.17, 15) is 0 Å². The number of hydrogen-bond donors (Lipinski definition) is 0. The maximum absolute atomic E-state index is 2.26. The van der Waals surface area contributed by atoms with Gasteiger partial charge in [0, 0.05) is 6.54 Å². The molecule has 0 unspecified atom stereocenters. The van der Waals surface area contributed by atoms with Crippen LogP contribution < -0.4 is 0 Å². The van der Waals surface area contributed by atoms with Gasteiger partial charge in [-0.15, -0.1) is 0 Å². The van der Waals surface area contributed by atoms with E-state index >= 15 is 0 Å². The second kappa shape index (κ2) is 4.95. The summed E-state index contributed by atoms with van der Waals surface area (Å²) >= 11 is 0. The minimum atomic E-state index is 0.987. The molecular formula is C15H17N. The van der Waals surface area contributed by atoms with Gasteiger partial charge in [0.1, 0.15) is 0 Å². The SMILES string of the molecule is CN(C)Cc1cccc(-c2ccccc2)c1. The van der Waals surface area contributed by atoms with Gasteiger partial charge < -0.3 is 4.90 Å². The standard InChI is InChI=1S/C15H17N/c1-16(2)12-13-7-6-10-15(11-13)14-8-4-3-5-9-14/h3-11H,12H2,1-2H3. The number of hydrogen-bond acceptors (Lipinski definition) is 1. The molecule has 0 aliphatic heterocycles. The molecule has 2 aromatic carbocycles. The first-order valence-corrected chi connectivity index (χ1v) is 5.55. The van der Waals surface area contributed by atoms with Crippen molar-refractivity contribution in [1.82, 2.24) is 4.90 Å². The normalized spacial score (nSPS) is 10.7. The van der Waals surface area contributed by atoms with Crippen LogP contribution in [0.25, 0.3) is 11.1 Å². The van der Waals surface area contributed by atoms with Crippen LogP contribution in [0.3, 0.4) is 0 Å². The van der Waals surface area contributed by atoms with E-state index in [0.29, 0.717) is 0 Å². The lowest BCUT2D eigenvalue weighted by atomic mass is 10.0. The van der Waals surface area contributed by atoms with Crippen molar-refractivity contribution in [3.8, 4) is 11.1 Å². The topological polar surface area (TPSA) is 3.24 Å². The molecule has 0 bridgehead atoms. The van der Waals surface area contributed by atoms with Crippen molar-refractivity contribution < 1.29 is 0 Å². The Kier molecular flexibility index (Phi) is 3.37. The first kappa shape index (κ1) is 10.9. The van der Waals surface area contributed by atoms with Crippen molar-refractivity contribution >= 4 is 0 Å². The van der Waals surface area contributed by atoms with Crippen molar-refractivity contribution in [2.24, 2.45) is 0 Å². The van der Waals surface area contributed by atoms with Gasteiger partial charge >= 0.3 is 0 Å². The molecule has 2 aromatic rings. The highest BCUT2D eigenvalue weighted by Gasteiger charge is 1.99. The van der Waals surface area contributed by atoms with Gasteiger partial charge in [0.05, 0.1) is 0 Å². The molecule has 1 nitrogen and oxygen atoms in total. The van der Waals surface area contributed by atoms with Crippen LogP contribution in [0.2, 0.25) is 0 Å². The Hall–Kier alpha value is -1.60. The fraction of sp³-hybridized carbons (Fsp3) is 0.200. The third kappa shape index (κ3) is 2.71. The first-order valence-electron chi connectivity index (χ1n) is 5.55. The Morgan fingerprint density at radius 3 is 2.19 bits per heavy atom. The van der Waals surface area contributed by atoms with Crippen LogP contribution in [-0.2, 0) is 6.54 Å². The Morgan fingerprint density at radius 1 is 0.812 bits per heavy atom. The monoisotopic (exact) mass is 211 g/mol. The van der Waals surface area contributed by atoms with E-state index in [2.05, 4.69) is 67.5 Å². The maximum Gasteiger partial charge on any atom is 0.0227 e. The molecule has 1 heteroatoms. The van der Waals surface area contributed by atoms with Crippen LogP contribution in [-0.4, -0.2) is 19.0 Å². The van der Waals surface area contributed by atoms with Gasteiger partial charge in [0.2, 0.25) is 0 Å². The van der Waals surface area contributed by atoms with E-state index in [0.717, 1.165) is 6.54 Å². The Balaban J connectivity index is 2.29.